The van der Waals surface area contributed by atoms with Gasteiger partial charge in [0.1, 0.15) is 23.7 Å². The number of aromatic nitrogens is 3. The van der Waals surface area contributed by atoms with Crippen molar-refractivity contribution in [2.45, 2.75) is 6.36 Å². The maximum atomic E-state index is 12.2. The normalized spacial score (nSPS) is 11.7. The Bertz CT molecular complexity index is 1100. The Morgan fingerprint density at radius 1 is 1.14 bits per heavy atom. The lowest BCUT2D eigenvalue weighted by molar-refractivity contribution is -0.274. The van der Waals surface area contributed by atoms with E-state index in [2.05, 4.69) is 14.8 Å². The summed E-state index contributed by atoms with van der Waals surface area (Å²) in [6, 6.07) is 13.3. The average Bonchev–Trinajstić information content (AvgIpc) is 3.16. The molecule has 146 valence electrons. The Labute approximate surface area is 161 Å². The molecule has 0 fully saturated rings. The van der Waals surface area contributed by atoms with Gasteiger partial charge in [-0.25, -0.2) is 14.5 Å². The second-order valence-corrected chi connectivity index (χ2v) is 5.65. The van der Waals surface area contributed by atoms with Crippen LogP contribution in [0.3, 0.4) is 0 Å². The molecule has 0 radical (unpaired) electrons. The summed E-state index contributed by atoms with van der Waals surface area (Å²) in [4.78, 5) is 15.0. The quantitative estimate of drug-likeness (QED) is 0.516. The molecule has 0 amide bonds. The highest BCUT2D eigenvalue weighted by Gasteiger charge is 2.31. The molecule has 7 nitrogen and oxygen atoms in total. The second-order valence-electron chi connectivity index (χ2n) is 5.65. The van der Waals surface area contributed by atoms with Crippen LogP contribution in [0.5, 0.6) is 5.75 Å². The summed E-state index contributed by atoms with van der Waals surface area (Å²) in [7, 11) is 0. The third-order valence-corrected chi connectivity index (χ3v) is 3.66. The van der Waals surface area contributed by atoms with Gasteiger partial charge in [-0.3, -0.25) is 0 Å². The van der Waals surface area contributed by atoms with Gasteiger partial charge < -0.3 is 9.84 Å². The first-order chi connectivity index (χ1) is 13.7. The van der Waals surface area contributed by atoms with Gasteiger partial charge in [0.15, 0.2) is 5.82 Å². The highest BCUT2D eigenvalue weighted by Crippen LogP contribution is 2.24. The highest BCUT2D eigenvalue weighted by atomic mass is 19.4. The van der Waals surface area contributed by atoms with E-state index in [1.54, 1.807) is 30.3 Å². The molecule has 3 aromatic rings. The SMILES string of the molecule is N#C/C(=C/c1ccc(-c2ncn(-c3ccc(OC(F)(F)F)cc3)n2)cc1)C(=O)O. The van der Waals surface area contributed by atoms with Crippen LogP contribution in [-0.2, 0) is 4.79 Å². The third kappa shape index (κ3) is 4.98. The minimum atomic E-state index is -4.76. The van der Waals surface area contributed by atoms with Crippen molar-refractivity contribution in [3.63, 3.8) is 0 Å². The monoisotopic (exact) mass is 400 g/mol. The molecule has 1 heterocycles. The first kappa shape index (κ1) is 19.6. The van der Waals surface area contributed by atoms with Crippen molar-refractivity contribution in [2.75, 3.05) is 0 Å². The van der Waals surface area contributed by atoms with E-state index in [-0.39, 0.29) is 5.75 Å². The smallest absolute Gasteiger partial charge is 0.477 e. The molecule has 10 heteroatoms. The number of alkyl halides is 3. The van der Waals surface area contributed by atoms with Crippen LogP contribution < -0.4 is 4.74 Å². The summed E-state index contributed by atoms with van der Waals surface area (Å²) in [6.45, 7) is 0. The number of aliphatic carboxylic acids is 1. The highest BCUT2D eigenvalue weighted by molar-refractivity contribution is 5.96. The van der Waals surface area contributed by atoms with Gasteiger partial charge in [0.25, 0.3) is 0 Å². The predicted molar refractivity (Wildman–Crippen MR) is 94.7 cm³/mol. The molecule has 0 atom stereocenters. The van der Waals surface area contributed by atoms with Crippen molar-refractivity contribution < 1.29 is 27.8 Å². The van der Waals surface area contributed by atoms with Gasteiger partial charge in [0.2, 0.25) is 0 Å². The summed E-state index contributed by atoms with van der Waals surface area (Å²) in [5.41, 5.74) is 1.25. The van der Waals surface area contributed by atoms with Crippen LogP contribution >= 0.6 is 0 Å². The lowest BCUT2D eigenvalue weighted by atomic mass is 10.1. The standard InChI is InChI=1S/C19H11F3N4O3/c20-19(21,22)29-16-7-5-15(6-8-16)26-11-24-17(25-26)13-3-1-12(2-4-13)9-14(10-23)18(27)28/h1-9,11H,(H,27,28)/b14-9-. The molecular formula is C19H11F3N4O3. The van der Waals surface area contributed by atoms with Gasteiger partial charge in [0, 0.05) is 5.56 Å². The van der Waals surface area contributed by atoms with Crippen molar-refractivity contribution in [3.8, 4) is 28.9 Å². The van der Waals surface area contributed by atoms with Gasteiger partial charge in [-0.15, -0.1) is 18.3 Å². The lowest BCUT2D eigenvalue weighted by Gasteiger charge is -2.09. The number of hydrogen-bond donors (Lipinski definition) is 1. The summed E-state index contributed by atoms with van der Waals surface area (Å²) in [6.07, 6.45) is -2.12. The van der Waals surface area contributed by atoms with E-state index in [4.69, 9.17) is 10.4 Å². The fourth-order valence-electron chi connectivity index (χ4n) is 2.36. The number of halogens is 3. The number of benzene rings is 2. The summed E-state index contributed by atoms with van der Waals surface area (Å²) >= 11 is 0. The topological polar surface area (TPSA) is 101 Å². The number of ether oxygens (including phenoxy) is 1. The number of carboxylic acids is 1. The van der Waals surface area contributed by atoms with Gasteiger partial charge >= 0.3 is 12.3 Å². The zero-order valence-corrected chi connectivity index (χ0v) is 14.5. The van der Waals surface area contributed by atoms with E-state index in [0.717, 1.165) is 0 Å². The number of hydrogen-bond acceptors (Lipinski definition) is 5. The summed E-state index contributed by atoms with van der Waals surface area (Å²) in [5.74, 6) is -1.30. The van der Waals surface area contributed by atoms with E-state index in [1.165, 1.54) is 41.4 Å². The maximum Gasteiger partial charge on any atom is 0.573 e. The summed E-state index contributed by atoms with van der Waals surface area (Å²) < 4.78 is 41.9. The largest absolute Gasteiger partial charge is 0.573 e. The first-order valence-electron chi connectivity index (χ1n) is 7.98. The van der Waals surface area contributed by atoms with Crippen molar-refractivity contribution in [3.05, 3.63) is 66.0 Å². The van der Waals surface area contributed by atoms with Crippen molar-refractivity contribution in [1.29, 1.82) is 5.26 Å². The van der Waals surface area contributed by atoms with E-state index < -0.39 is 17.9 Å². The molecule has 3 rings (SSSR count). The minimum Gasteiger partial charge on any atom is -0.477 e. The predicted octanol–water partition coefficient (Wildman–Crippen LogP) is 3.82. The second kappa shape index (κ2) is 7.85. The van der Waals surface area contributed by atoms with Crippen molar-refractivity contribution in [2.24, 2.45) is 0 Å². The Hall–Kier alpha value is -4.13. The molecule has 0 aliphatic rings. The number of carboxylic acid groups (broad SMARTS) is 1. The van der Waals surface area contributed by atoms with E-state index in [1.807, 2.05) is 0 Å². The zero-order chi connectivity index (χ0) is 21.0. The fraction of sp³-hybridized carbons (Fsp3) is 0.0526. The van der Waals surface area contributed by atoms with Crippen LogP contribution in [0.4, 0.5) is 13.2 Å². The number of nitrogens with zero attached hydrogens (tertiary/aromatic N) is 4. The van der Waals surface area contributed by atoms with Gasteiger partial charge in [-0.1, -0.05) is 24.3 Å². The Morgan fingerprint density at radius 2 is 1.79 bits per heavy atom. The molecule has 0 saturated carbocycles. The zero-order valence-electron chi connectivity index (χ0n) is 14.5. The Morgan fingerprint density at radius 3 is 2.34 bits per heavy atom. The molecule has 0 bridgehead atoms. The van der Waals surface area contributed by atoms with Crippen molar-refractivity contribution >= 4 is 12.0 Å². The van der Waals surface area contributed by atoms with Crippen LogP contribution in [-0.4, -0.2) is 32.2 Å². The number of rotatable bonds is 5. The molecule has 1 aromatic heterocycles. The average molecular weight is 400 g/mol. The molecule has 0 saturated heterocycles. The van der Waals surface area contributed by atoms with Crippen LogP contribution in [0.15, 0.2) is 60.4 Å². The molecule has 1 N–H and O–H groups in total. The van der Waals surface area contributed by atoms with Gasteiger partial charge in [-0.05, 0) is 35.9 Å². The first-order valence-corrected chi connectivity index (χ1v) is 7.98. The van der Waals surface area contributed by atoms with Gasteiger partial charge in [0.05, 0.1) is 5.69 Å². The third-order valence-electron chi connectivity index (χ3n) is 3.66. The minimum absolute atomic E-state index is 0.344. The molecule has 0 unspecified atom stereocenters. The van der Waals surface area contributed by atoms with E-state index in [0.29, 0.717) is 22.6 Å². The molecule has 2 aromatic carbocycles. The lowest BCUT2D eigenvalue weighted by Crippen LogP contribution is -2.17. The van der Waals surface area contributed by atoms with Crippen molar-refractivity contribution in [1.82, 2.24) is 14.8 Å². The van der Waals surface area contributed by atoms with E-state index in [9.17, 15) is 18.0 Å². The fourth-order valence-corrected chi connectivity index (χ4v) is 2.36. The molecular weight excluding hydrogens is 389 g/mol. The molecule has 0 aliphatic heterocycles. The number of nitriles is 1. The van der Waals surface area contributed by atoms with E-state index >= 15 is 0 Å². The van der Waals surface area contributed by atoms with Crippen LogP contribution in [0, 0.1) is 11.3 Å². The molecule has 0 aliphatic carbocycles. The molecule has 0 spiro atoms. The van der Waals surface area contributed by atoms with Crippen LogP contribution in [0.2, 0.25) is 0 Å². The summed E-state index contributed by atoms with van der Waals surface area (Å²) in [5, 5.41) is 21.9. The Balaban J connectivity index is 1.78. The number of carbonyl (C=O) groups is 1. The molecule has 29 heavy (non-hydrogen) atoms. The van der Waals surface area contributed by atoms with Crippen LogP contribution in [0.1, 0.15) is 5.56 Å². The van der Waals surface area contributed by atoms with Gasteiger partial charge in [-0.2, -0.15) is 5.26 Å². The van der Waals surface area contributed by atoms with Crippen LogP contribution in [0.25, 0.3) is 23.2 Å². The maximum absolute atomic E-state index is 12.2. The Kier molecular flexibility index (Phi) is 5.32.